The Morgan fingerprint density at radius 1 is 1.23 bits per heavy atom. The molecule has 1 fully saturated rings. The van der Waals surface area contributed by atoms with E-state index < -0.39 is 0 Å². The zero-order valence-electron chi connectivity index (χ0n) is 17.9. The lowest BCUT2D eigenvalue weighted by Crippen LogP contribution is -2.28. The van der Waals surface area contributed by atoms with Crippen LogP contribution in [-0.2, 0) is 13.0 Å². The predicted octanol–water partition coefficient (Wildman–Crippen LogP) is 2.94. The maximum Gasteiger partial charge on any atom is 0.328 e. The van der Waals surface area contributed by atoms with Gasteiger partial charge in [-0.25, -0.2) is 9.48 Å². The summed E-state index contributed by atoms with van der Waals surface area (Å²) in [6.07, 6.45) is 9.33. The van der Waals surface area contributed by atoms with Gasteiger partial charge < -0.3 is 9.30 Å². The Balaban J connectivity index is 1.38. The first-order valence-corrected chi connectivity index (χ1v) is 11.1. The molecule has 164 valence electrons. The van der Waals surface area contributed by atoms with E-state index in [-0.39, 0.29) is 17.3 Å². The molecule has 0 radical (unpaired) electrons. The Bertz CT molecular complexity index is 1110. The summed E-state index contributed by atoms with van der Waals surface area (Å²) in [5.74, 6) is 1.63. The van der Waals surface area contributed by atoms with Crippen molar-refractivity contribution in [2.24, 2.45) is 5.92 Å². The fourth-order valence-electron chi connectivity index (χ4n) is 3.77. The van der Waals surface area contributed by atoms with Gasteiger partial charge in [-0.3, -0.25) is 9.78 Å². The molecule has 31 heavy (non-hydrogen) atoms. The molecule has 0 bridgehead atoms. The van der Waals surface area contributed by atoms with Crippen molar-refractivity contribution >= 4 is 0 Å². The van der Waals surface area contributed by atoms with E-state index >= 15 is 0 Å². The van der Waals surface area contributed by atoms with E-state index in [9.17, 15) is 9.59 Å². The highest BCUT2D eigenvalue weighted by Gasteiger charge is 2.22. The van der Waals surface area contributed by atoms with Gasteiger partial charge >= 0.3 is 5.69 Å². The van der Waals surface area contributed by atoms with Crippen LogP contribution in [0.25, 0.3) is 0 Å². The van der Waals surface area contributed by atoms with E-state index in [0.717, 1.165) is 49.7 Å². The molecule has 1 N–H and O–H groups in total. The molecule has 1 aromatic carbocycles. The largest absolute Gasteiger partial charge is 0.493 e. The minimum absolute atomic E-state index is 0.101. The second-order valence-electron chi connectivity index (χ2n) is 8.18. The summed E-state index contributed by atoms with van der Waals surface area (Å²) in [7, 11) is 0. The summed E-state index contributed by atoms with van der Waals surface area (Å²) < 4.78 is 9.49. The van der Waals surface area contributed by atoms with E-state index in [1.165, 1.54) is 29.0 Å². The molecule has 8 heteroatoms. The lowest BCUT2D eigenvalue weighted by atomic mass is 10.0. The lowest BCUT2D eigenvalue weighted by Gasteiger charge is -2.19. The Labute approximate surface area is 180 Å². The van der Waals surface area contributed by atoms with Crippen molar-refractivity contribution in [1.29, 1.82) is 0 Å². The van der Waals surface area contributed by atoms with Crippen LogP contribution in [0.1, 0.15) is 56.3 Å². The van der Waals surface area contributed by atoms with Crippen LogP contribution in [0.4, 0.5) is 0 Å². The number of H-pyrrole nitrogens is 1. The molecule has 1 saturated carbocycles. The number of unbranched alkanes of at least 4 members (excludes halogenated alkanes) is 1. The van der Waals surface area contributed by atoms with Crippen LogP contribution in [0.5, 0.6) is 5.75 Å². The fourth-order valence-corrected chi connectivity index (χ4v) is 3.77. The summed E-state index contributed by atoms with van der Waals surface area (Å²) in [6.45, 7) is 3.51. The van der Waals surface area contributed by atoms with Crippen LogP contribution in [0.15, 0.2) is 52.3 Å². The first-order chi connectivity index (χ1) is 15.1. The quantitative estimate of drug-likeness (QED) is 0.479. The number of aromatic amines is 1. The summed E-state index contributed by atoms with van der Waals surface area (Å²) >= 11 is 0. The van der Waals surface area contributed by atoms with Gasteiger partial charge in [0.1, 0.15) is 5.75 Å². The average Bonchev–Trinajstić information content (AvgIpc) is 3.49. The highest BCUT2D eigenvalue weighted by atomic mass is 16.5. The molecule has 1 atom stereocenters. The van der Waals surface area contributed by atoms with Crippen molar-refractivity contribution in [3.05, 3.63) is 74.8 Å². The van der Waals surface area contributed by atoms with E-state index in [4.69, 9.17) is 4.74 Å². The second kappa shape index (κ2) is 9.76. The summed E-state index contributed by atoms with van der Waals surface area (Å²) in [5, 5.41) is 8.52. The van der Waals surface area contributed by atoms with Gasteiger partial charge in [-0.15, -0.1) is 5.10 Å². The van der Waals surface area contributed by atoms with Crippen LogP contribution in [0.2, 0.25) is 0 Å². The summed E-state index contributed by atoms with van der Waals surface area (Å²) in [4.78, 5) is 25.2. The number of hydrogen-bond donors (Lipinski definition) is 1. The van der Waals surface area contributed by atoms with Gasteiger partial charge in [0, 0.05) is 18.8 Å². The Kier molecular flexibility index (Phi) is 6.64. The topological polar surface area (TPSA) is 94.8 Å². The van der Waals surface area contributed by atoms with Gasteiger partial charge in [-0.1, -0.05) is 24.3 Å². The van der Waals surface area contributed by atoms with Crippen molar-refractivity contribution in [2.45, 2.75) is 58.0 Å². The monoisotopic (exact) mass is 423 g/mol. The van der Waals surface area contributed by atoms with Crippen molar-refractivity contribution in [3.8, 4) is 5.75 Å². The highest BCUT2D eigenvalue weighted by Crippen LogP contribution is 2.31. The summed E-state index contributed by atoms with van der Waals surface area (Å²) in [5.41, 5.74) is 1.50. The average molecular weight is 424 g/mol. The van der Waals surface area contributed by atoms with E-state index in [2.05, 4.69) is 34.4 Å². The number of hydrogen-bond acceptors (Lipinski definition) is 5. The molecule has 0 aliphatic heterocycles. The number of nitrogens with one attached hydrogen (secondary N) is 1. The maximum atomic E-state index is 11.8. The van der Waals surface area contributed by atoms with E-state index in [1.807, 2.05) is 23.0 Å². The maximum absolute atomic E-state index is 11.8. The van der Waals surface area contributed by atoms with Crippen molar-refractivity contribution in [3.63, 3.8) is 0 Å². The van der Waals surface area contributed by atoms with Gasteiger partial charge in [-0.05, 0) is 62.1 Å². The van der Waals surface area contributed by atoms with Gasteiger partial charge in [-0.2, -0.15) is 0 Å². The Morgan fingerprint density at radius 2 is 2.10 bits per heavy atom. The third kappa shape index (κ3) is 5.51. The molecule has 4 rings (SSSR count). The Hall–Kier alpha value is -3.16. The number of nitrogens with zero attached hydrogens (tertiary/aromatic N) is 4. The lowest BCUT2D eigenvalue weighted by molar-refractivity contribution is 0.299. The normalized spacial score (nSPS) is 14.5. The third-order valence-electron chi connectivity index (χ3n) is 5.74. The molecule has 2 aromatic heterocycles. The number of ether oxygens (including phenoxy) is 1. The molecule has 8 nitrogen and oxygen atoms in total. The molecule has 2 heterocycles. The molecule has 1 aliphatic rings. The first-order valence-electron chi connectivity index (χ1n) is 11.1. The number of rotatable bonds is 11. The molecule has 3 aromatic rings. The molecule has 0 saturated heterocycles. The van der Waals surface area contributed by atoms with E-state index in [0.29, 0.717) is 6.54 Å². The molecule has 1 aliphatic carbocycles. The van der Waals surface area contributed by atoms with Crippen molar-refractivity contribution in [2.75, 3.05) is 6.61 Å². The minimum Gasteiger partial charge on any atom is -0.493 e. The smallest absolute Gasteiger partial charge is 0.328 e. The minimum atomic E-state index is -0.371. The molecule has 0 spiro atoms. The van der Waals surface area contributed by atoms with Crippen molar-refractivity contribution < 1.29 is 4.74 Å². The van der Waals surface area contributed by atoms with Gasteiger partial charge in [0.05, 0.1) is 24.5 Å². The molecule has 0 unspecified atom stereocenters. The van der Waals surface area contributed by atoms with Gasteiger partial charge in [0.25, 0.3) is 5.56 Å². The molecular formula is C23H29N5O3. The fraction of sp³-hybridized carbons (Fsp3) is 0.478. The van der Waals surface area contributed by atoms with Crippen LogP contribution >= 0.6 is 0 Å². The van der Waals surface area contributed by atoms with Crippen LogP contribution in [-0.4, -0.2) is 31.2 Å². The molecular weight excluding hydrogens is 394 g/mol. The Morgan fingerprint density at radius 3 is 2.87 bits per heavy atom. The highest BCUT2D eigenvalue weighted by molar-refractivity contribution is 5.31. The van der Waals surface area contributed by atoms with Crippen LogP contribution < -0.4 is 16.0 Å². The predicted molar refractivity (Wildman–Crippen MR) is 117 cm³/mol. The standard InChI is InChI=1S/C23H29N5O3/c1-2-21(18-6-5-8-20(14-18)31-16-17-9-10-17)28-19(15-24-26-28)7-3-4-12-27-13-11-22(29)25-23(27)30/h5-6,8,11,13-15,17,21H,2-4,7,9-10,12,16H2,1H3,(H,25,29,30)/t21-/m0/s1. The summed E-state index contributed by atoms with van der Waals surface area (Å²) in [6, 6.07) is 9.76. The number of aromatic nitrogens is 5. The number of aryl methyl sites for hydroxylation is 2. The zero-order chi connectivity index (χ0) is 21.6. The van der Waals surface area contributed by atoms with Crippen LogP contribution in [0.3, 0.4) is 0 Å². The zero-order valence-corrected chi connectivity index (χ0v) is 17.9. The van der Waals surface area contributed by atoms with Gasteiger partial charge in [0.2, 0.25) is 0 Å². The van der Waals surface area contributed by atoms with E-state index in [1.54, 1.807) is 6.20 Å². The number of benzene rings is 1. The van der Waals surface area contributed by atoms with Crippen LogP contribution in [0, 0.1) is 5.92 Å². The second-order valence-corrected chi connectivity index (χ2v) is 8.18. The SMILES string of the molecule is CC[C@@H](c1cccc(OCC2CC2)c1)n1nncc1CCCCn1ccc(=O)[nH]c1=O. The third-order valence-corrected chi connectivity index (χ3v) is 5.74. The molecule has 0 amide bonds. The first kappa shape index (κ1) is 21.1. The van der Waals surface area contributed by atoms with Crippen molar-refractivity contribution in [1.82, 2.24) is 24.5 Å². The van der Waals surface area contributed by atoms with Gasteiger partial charge in [0.15, 0.2) is 0 Å².